The first-order valence-electron chi connectivity index (χ1n) is 5.37. The predicted molar refractivity (Wildman–Crippen MR) is 57.0 cm³/mol. The summed E-state index contributed by atoms with van der Waals surface area (Å²) in [5, 5.41) is 10.5. The highest BCUT2D eigenvalue weighted by Crippen LogP contribution is 2.34. The van der Waals surface area contributed by atoms with Crippen LogP contribution in [0, 0.1) is 5.92 Å². The summed E-state index contributed by atoms with van der Waals surface area (Å²) >= 11 is 0. The van der Waals surface area contributed by atoms with Crippen molar-refractivity contribution in [1.82, 2.24) is 0 Å². The normalized spacial score (nSPS) is 15.8. The Kier molecular flexibility index (Phi) is 3.76. The zero-order valence-electron chi connectivity index (χ0n) is 9.29. The highest BCUT2D eigenvalue weighted by molar-refractivity contribution is 5.10. The van der Waals surface area contributed by atoms with Crippen molar-refractivity contribution in [3.8, 4) is 0 Å². The summed E-state index contributed by atoms with van der Waals surface area (Å²) < 4.78 is 5.31. The lowest BCUT2D eigenvalue weighted by molar-refractivity contribution is -0.0389. The van der Waals surface area contributed by atoms with E-state index in [9.17, 15) is 5.11 Å². The van der Waals surface area contributed by atoms with E-state index in [1.807, 2.05) is 26.0 Å². The molecule has 1 rings (SSSR count). The molecule has 1 N–H and O–H groups in total. The average Bonchev–Trinajstić information content (AvgIpc) is 2.66. The van der Waals surface area contributed by atoms with E-state index in [4.69, 9.17) is 4.42 Å². The van der Waals surface area contributed by atoms with Crippen LogP contribution in [-0.2, 0) is 5.60 Å². The standard InChI is InChI=1S/C12H20O2/c1-4-5-8-12(13,10(2)3)11-7-6-9-14-11/h6-7,9-10,13H,4-5,8H2,1-3H3. The maximum absolute atomic E-state index is 10.5. The van der Waals surface area contributed by atoms with Gasteiger partial charge < -0.3 is 9.52 Å². The van der Waals surface area contributed by atoms with Gasteiger partial charge in [0.05, 0.1) is 6.26 Å². The molecule has 80 valence electrons. The molecular weight excluding hydrogens is 176 g/mol. The fraction of sp³-hybridized carbons (Fsp3) is 0.667. The molecule has 1 aromatic rings. The largest absolute Gasteiger partial charge is 0.466 e. The first-order chi connectivity index (χ1) is 6.61. The molecule has 0 bridgehead atoms. The summed E-state index contributed by atoms with van der Waals surface area (Å²) in [5.41, 5.74) is -0.792. The second-order valence-corrected chi connectivity index (χ2v) is 4.16. The van der Waals surface area contributed by atoms with Crippen molar-refractivity contribution in [1.29, 1.82) is 0 Å². The molecule has 1 atom stereocenters. The zero-order chi connectivity index (χ0) is 10.6. The van der Waals surface area contributed by atoms with Crippen molar-refractivity contribution >= 4 is 0 Å². The van der Waals surface area contributed by atoms with Gasteiger partial charge in [-0.3, -0.25) is 0 Å². The molecule has 0 saturated carbocycles. The van der Waals surface area contributed by atoms with E-state index >= 15 is 0 Å². The third-order valence-electron chi connectivity index (χ3n) is 2.81. The van der Waals surface area contributed by atoms with Gasteiger partial charge in [0.1, 0.15) is 11.4 Å². The van der Waals surface area contributed by atoms with Gasteiger partial charge in [-0.1, -0.05) is 33.6 Å². The van der Waals surface area contributed by atoms with Crippen molar-refractivity contribution in [3.05, 3.63) is 24.2 Å². The van der Waals surface area contributed by atoms with Gasteiger partial charge in [-0.05, 0) is 24.5 Å². The van der Waals surface area contributed by atoms with E-state index in [1.54, 1.807) is 6.26 Å². The van der Waals surface area contributed by atoms with Crippen LogP contribution >= 0.6 is 0 Å². The van der Waals surface area contributed by atoms with E-state index in [-0.39, 0.29) is 5.92 Å². The van der Waals surface area contributed by atoms with E-state index in [0.717, 1.165) is 19.3 Å². The summed E-state index contributed by atoms with van der Waals surface area (Å²) in [5.74, 6) is 0.876. The molecule has 0 fully saturated rings. The van der Waals surface area contributed by atoms with Crippen molar-refractivity contribution in [2.75, 3.05) is 0 Å². The smallest absolute Gasteiger partial charge is 0.135 e. The van der Waals surface area contributed by atoms with Gasteiger partial charge in [0, 0.05) is 0 Å². The lowest BCUT2D eigenvalue weighted by Crippen LogP contribution is -2.31. The van der Waals surface area contributed by atoms with Crippen LogP contribution in [0.15, 0.2) is 22.8 Å². The number of hydrogen-bond acceptors (Lipinski definition) is 2. The molecule has 0 radical (unpaired) electrons. The molecule has 0 aromatic carbocycles. The van der Waals surface area contributed by atoms with E-state index in [1.165, 1.54) is 0 Å². The quantitative estimate of drug-likeness (QED) is 0.783. The monoisotopic (exact) mass is 196 g/mol. The van der Waals surface area contributed by atoms with Crippen molar-refractivity contribution < 1.29 is 9.52 Å². The molecule has 2 heteroatoms. The summed E-state index contributed by atoms with van der Waals surface area (Å²) in [6, 6.07) is 3.68. The van der Waals surface area contributed by atoms with Crippen LogP contribution in [-0.4, -0.2) is 5.11 Å². The summed E-state index contributed by atoms with van der Waals surface area (Å²) in [6.45, 7) is 6.18. The Hall–Kier alpha value is -0.760. The minimum Gasteiger partial charge on any atom is -0.466 e. The lowest BCUT2D eigenvalue weighted by atomic mass is 9.83. The number of rotatable bonds is 5. The third-order valence-corrected chi connectivity index (χ3v) is 2.81. The van der Waals surface area contributed by atoms with Crippen LogP contribution in [0.3, 0.4) is 0 Å². The first kappa shape index (κ1) is 11.3. The molecule has 0 aliphatic rings. The fourth-order valence-electron chi connectivity index (χ4n) is 1.67. The Balaban J connectivity index is 2.82. The SMILES string of the molecule is CCCCC(O)(c1ccco1)C(C)C. The Bertz CT molecular complexity index is 251. The molecule has 1 heterocycles. The van der Waals surface area contributed by atoms with Crippen LogP contribution < -0.4 is 0 Å². The molecule has 1 unspecified atom stereocenters. The van der Waals surface area contributed by atoms with Crippen molar-refractivity contribution in [2.24, 2.45) is 5.92 Å². The van der Waals surface area contributed by atoms with E-state index in [2.05, 4.69) is 6.92 Å². The minimum absolute atomic E-state index is 0.181. The Morgan fingerprint density at radius 2 is 2.21 bits per heavy atom. The second-order valence-electron chi connectivity index (χ2n) is 4.16. The van der Waals surface area contributed by atoms with Gasteiger partial charge in [-0.25, -0.2) is 0 Å². The molecule has 0 amide bonds. The van der Waals surface area contributed by atoms with Gasteiger partial charge in [-0.15, -0.1) is 0 Å². The molecule has 0 spiro atoms. The van der Waals surface area contributed by atoms with Crippen LogP contribution in [0.25, 0.3) is 0 Å². The van der Waals surface area contributed by atoms with Crippen molar-refractivity contribution in [2.45, 2.75) is 45.6 Å². The molecule has 0 aliphatic carbocycles. The predicted octanol–water partition coefficient (Wildman–Crippen LogP) is 3.31. The van der Waals surface area contributed by atoms with Gasteiger partial charge in [0.15, 0.2) is 0 Å². The molecular formula is C12H20O2. The summed E-state index contributed by atoms with van der Waals surface area (Å²) in [6.07, 6.45) is 4.51. The van der Waals surface area contributed by atoms with Crippen LogP contribution in [0.4, 0.5) is 0 Å². The van der Waals surface area contributed by atoms with Gasteiger partial charge in [0.2, 0.25) is 0 Å². The topological polar surface area (TPSA) is 33.4 Å². The second kappa shape index (κ2) is 4.65. The molecule has 1 aromatic heterocycles. The maximum Gasteiger partial charge on any atom is 0.135 e. The molecule has 0 aliphatic heterocycles. The van der Waals surface area contributed by atoms with Gasteiger partial charge in [0.25, 0.3) is 0 Å². The molecule has 2 nitrogen and oxygen atoms in total. The summed E-state index contributed by atoms with van der Waals surface area (Å²) in [4.78, 5) is 0. The number of furan rings is 1. The highest BCUT2D eigenvalue weighted by Gasteiger charge is 2.34. The number of aliphatic hydroxyl groups is 1. The van der Waals surface area contributed by atoms with Crippen molar-refractivity contribution in [3.63, 3.8) is 0 Å². The first-order valence-corrected chi connectivity index (χ1v) is 5.37. The average molecular weight is 196 g/mol. The number of unbranched alkanes of at least 4 members (excludes halogenated alkanes) is 1. The lowest BCUT2D eigenvalue weighted by Gasteiger charge is -2.30. The van der Waals surface area contributed by atoms with E-state index < -0.39 is 5.60 Å². The minimum atomic E-state index is -0.792. The summed E-state index contributed by atoms with van der Waals surface area (Å²) in [7, 11) is 0. The third kappa shape index (κ3) is 2.18. The Morgan fingerprint density at radius 1 is 1.50 bits per heavy atom. The van der Waals surface area contributed by atoms with E-state index in [0.29, 0.717) is 5.76 Å². The number of hydrogen-bond donors (Lipinski definition) is 1. The molecule has 0 saturated heterocycles. The van der Waals surface area contributed by atoms with Crippen LogP contribution in [0.5, 0.6) is 0 Å². The Labute approximate surface area is 85.9 Å². The fourth-order valence-corrected chi connectivity index (χ4v) is 1.67. The zero-order valence-corrected chi connectivity index (χ0v) is 9.29. The highest BCUT2D eigenvalue weighted by atomic mass is 16.4. The van der Waals surface area contributed by atoms with Crippen LogP contribution in [0.1, 0.15) is 45.8 Å². The maximum atomic E-state index is 10.5. The Morgan fingerprint density at radius 3 is 2.64 bits per heavy atom. The molecule has 14 heavy (non-hydrogen) atoms. The van der Waals surface area contributed by atoms with Gasteiger partial charge >= 0.3 is 0 Å². The van der Waals surface area contributed by atoms with Crippen LogP contribution in [0.2, 0.25) is 0 Å². The van der Waals surface area contributed by atoms with Gasteiger partial charge in [-0.2, -0.15) is 0 Å².